The van der Waals surface area contributed by atoms with Gasteiger partial charge in [-0.15, -0.1) is 0 Å². The minimum atomic E-state index is 0.946. The zero-order valence-electron chi connectivity index (χ0n) is 15.5. The molecule has 1 aliphatic rings. The molecule has 5 nitrogen and oxygen atoms in total. The van der Waals surface area contributed by atoms with Crippen molar-refractivity contribution < 1.29 is 0 Å². The molecule has 3 heterocycles. The number of aryl methyl sites for hydroxylation is 1. The van der Waals surface area contributed by atoms with Crippen LogP contribution in [-0.4, -0.2) is 56.6 Å². The van der Waals surface area contributed by atoms with Gasteiger partial charge in [-0.1, -0.05) is 12.1 Å². The van der Waals surface area contributed by atoms with E-state index in [-0.39, 0.29) is 0 Å². The molecule has 0 N–H and O–H groups in total. The molecule has 1 aromatic carbocycles. The molecule has 1 aliphatic heterocycles. The SMILES string of the molecule is c1ccc2c(c1)ncn2CN1CCCN(CCCCn2cccc2)CC1. The summed E-state index contributed by atoms with van der Waals surface area (Å²) in [5.74, 6) is 0. The van der Waals surface area contributed by atoms with Crippen molar-refractivity contribution in [1.29, 1.82) is 0 Å². The van der Waals surface area contributed by atoms with E-state index in [0.29, 0.717) is 0 Å². The Kier molecular flexibility index (Phi) is 5.67. The van der Waals surface area contributed by atoms with Gasteiger partial charge in [0.1, 0.15) is 0 Å². The van der Waals surface area contributed by atoms with E-state index in [1.165, 1.54) is 51.0 Å². The second kappa shape index (κ2) is 8.52. The van der Waals surface area contributed by atoms with Crippen molar-refractivity contribution in [3.63, 3.8) is 0 Å². The van der Waals surface area contributed by atoms with Crippen molar-refractivity contribution in [3.05, 3.63) is 55.1 Å². The molecule has 0 bridgehead atoms. The maximum atomic E-state index is 4.52. The van der Waals surface area contributed by atoms with E-state index in [1.54, 1.807) is 0 Å². The van der Waals surface area contributed by atoms with Gasteiger partial charge in [0.05, 0.1) is 24.0 Å². The maximum Gasteiger partial charge on any atom is 0.0969 e. The van der Waals surface area contributed by atoms with E-state index >= 15 is 0 Å². The van der Waals surface area contributed by atoms with Crippen LogP contribution in [0.3, 0.4) is 0 Å². The average molecular weight is 351 g/mol. The largest absolute Gasteiger partial charge is 0.354 e. The molecular weight excluding hydrogens is 322 g/mol. The third-order valence-corrected chi connectivity index (χ3v) is 5.37. The summed E-state index contributed by atoms with van der Waals surface area (Å²) in [7, 11) is 0. The molecule has 0 spiro atoms. The van der Waals surface area contributed by atoms with Crippen molar-refractivity contribution in [2.24, 2.45) is 0 Å². The summed E-state index contributed by atoms with van der Waals surface area (Å²) >= 11 is 0. The fraction of sp³-hybridized carbons (Fsp3) is 0.476. The van der Waals surface area contributed by atoms with Crippen LogP contribution in [0.4, 0.5) is 0 Å². The molecule has 0 saturated carbocycles. The second-order valence-electron chi connectivity index (χ2n) is 7.29. The van der Waals surface area contributed by atoms with Crippen LogP contribution in [0.15, 0.2) is 55.1 Å². The van der Waals surface area contributed by atoms with Crippen LogP contribution in [0, 0.1) is 0 Å². The van der Waals surface area contributed by atoms with Crippen LogP contribution in [0.25, 0.3) is 11.0 Å². The standard InChI is InChI=1S/C21H29N5/c1-2-9-21-20(8-1)22-18-26(21)19-25-15-7-14-24(16-17-25)13-6-5-12-23-10-3-4-11-23/h1-4,8-11,18H,5-7,12-17,19H2. The van der Waals surface area contributed by atoms with Gasteiger partial charge in [-0.2, -0.15) is 0 Å². The lowest BCUT2D eigenvalue weighted by Gasteiger charge is -2.22. The van der Waals surface area contributed by atoms with Gasteiger partial charge in [0.25, 0.3) is 0 Å². The quantitative estimate of drug-likeness (QED) is 0.612. The van der Waals surface area contributed by atoms with Crippen LogP contribution >= 0.6 is 0 Å². The summed E-state index contributed by atoms with van der Waals surface area (Å²) < 4.78 is 4.56. The second-order valence-corrected chi connectivity index (χ2v) is 7.29. The molecule has 0 radical (unpaired) electrons. The normalized spacial score (nSPS) is 16.9. The van der Waals surface area contributed by atoms with E-state index in [4.69, 9.17) is 0 Å². The molecule has 4 rings (SSSR count). The summed E-state index contributed by atoms with van der Waals surface area (Å²) in [6, 6.07) is 12.6. The number of hydrogen-bond donors (Lipinski definition) is 0. The molecule has 1 saturated heterocycles. The van der Waals surface area contributed by atoms with E-state index in [0.717, 1.165) is 25.3 Å². The molecular formula is C21H29N5. The molecule has 1 fully saturated rings. The lowest BCUT2D eigenvalue weighted by atomic mass is 10.2. The number of aromatic nitrogens is 3. The Morgan fingerprint density at radius 3 is 2.50 bits per heavy atom. The number of hydrogen-bond acceptors (Lipinski definition) is 3. The van der Waals surface area contributed by atoms with Gasteiger partial charge in [-0.05, 0) is 56.6 Å². The van der Waals surface area contributed by atoms with Crippen molar-refractivity contribution in [3.8, 4) is 0 Å². The summed E-state index contributed by atoms with van der Waals surface area (Å²) in [4.78, 5) is 9.72. The van der Waals surface area contributed by atoms with Crippen LogP contribution in [0.5, 0.6) is 0 Å². The Labute approximate surface area is 155 Å². The first kappa shape index (κ1) is 17.3. The molecule has 0 unspecified atom stereocenters. The molecule has 0 atom stereocenters. The van der Waals surface area contributed by atoms with Gasteiger partial charge < -0.3 is 14.0 Å². The smallest absolute Gasteiger partial charge is 0.0969 e. The Hall–Kier alpha value is -2.11. The van der Waals surface area contributed by atoms with Crippen molar-refractivity contribution >= 4 is 11.0 Å². The number of fused-ring (bicyclic) bond motifs is 1. The highest BCUT2D eigenvalue weighted by atomic mass is 15.3. The lowest BCUT2D eigenvalue weighted by molar-refractivity contribution is 0.218. The van der Waals surface area contributed by atoms with E-state index < -0.39 is 0 Å². The lowest BCUT2D eigenvalue weighted by Crippen LogP contribution is -2.32. The topological polar surface area (TPSA) is 29.2 Å². The summed E-state index contributed by atoms with van der Waals surface area (Å²) in [5.41, 5.74) is 2.32. The third kappa shape index (κ3) is 4.34. The summed E-state index contributed by atoms with van der Waals surface area (Å²) in [5, 5.41) is 0. The molecule has 26 heavy (non-hydrogen) atoms. The molecule has 3 aromatic rings. The van der Waals surface area contributed by atoms with Gasteiger partial charge in [0.15, 0.2) is 0 Å². The van der Waals surface area contributed by atoms with E-state index in [1.807, 2.05) is 6.33 Å². The minimum absolute atomic E-state index is 0.946. The molecule has 0 aliphatic carbocycles. The summed E-state index contributed by atoms with van der Waals surface area (Å²) in [6.45, 7) is 8.03. The van der Waals surface area contributed by atoms with E-state index in [9.17, 15) is 0 Å². The first-order chi connectivity index (χ1) is 12.9. The number of para-hydroxylation sites is 2. The number of imidazole rings is 1. The predicted molar refractivity (Wildman–Crippen MR) is 106 cm³/mol. The van der Waals surface area contributed by atoms with Crippen LogP contribution in [0.1, 0.15) is 19.3 Å². The zero-order valence-corrected chi connectivity index (χ0v) is 15.5. The van der Waals surface area contributed by atoms with Crippen LogP contribution in [0.2, 0.25) is 0 Å². The Morgan fingerprint density at radius 1 is 0.808 bits per heavy atom. The first-order valence-electron chi connectivity index (χ1n) is 9.84. The minimum Gasteiger partial charge on any atom is -0.354 e. The highest BCUT2D eigenvalue weighted by Crippen LogP contribution is 2.14. The Balaban J connectivity index is 1.23. The monoisotopic (exact) mass is 351 g/mol. The van der Waals surface area contributed by atoms with Crippen LogP contribution < -0.4 is 0 Å². The fourth-order valence-electron chi connectivity index (χ4n) is 3.88. The molecule has 0 amide bonds. The molecule has 138 valence electrons. The van der Waals surface area contributed by atoms with Crippen LogP contribution in [-0.2, 0) is 13.2 Å². The Bertz CT molecular complexity index is 792. The maximum absolute atomic E-state index is 4.52. The summed E-state index contributed by atoms with van der Waals surface area (Å²) in [6.07, 6.45) is 10.1. The number of unbranched alkanes of at least 4 members (excludes halogenated alkanes) is 1. The van der Waals surface area contributed by atoms with Crippen molar-refractivity contribution in [2.45, 2.75) is 32.5 Å². The highest BCUT2D eigenvalue weighted by Gasteiger charge is 2.15. The Morgan fingerprint density at radius 2 is 1.58 bits per heavy atom. The van der Waals surface area contributed by atoms with E-state index in [2.05, 4.69) is 72.7 Å². The fourth-order valence-corrected chi connectivity index (χ4v) is 3.88. The van der Waals surface area contributed by atoms with Gasteiger partial charge in [0, 0.05) is 38.6 Å². The van der Waals surface area contributed by atoms with Crippen molar-refractivity contribution in [1.82, 2.24) is 23.9 Å². The van der Waals surface area contributed by atoms with Gasteiger partial charge >= 0.3 is 0 Å². The average Bonchev–Trinajstić information content (AvgIpc) is 3.27. The zero-order chi connectivity index (χ0) is 17.6. The van der Waals surface area contributed by atoms with Gasteiger partial charge in [-0.25, -0.2) is 4.98 Å². The predicted octanol–water partition coefficient (Wildman–Crippen LogP) is 3.28. The highest BCUT2D eigenvalue weighted by molar-refractivity contribution is 5.74. The number of nitrogens with zero attached hydrogens (tertiary/aromatic N) is 5. The first-order valence-corrected chi connectivity index (χ1v) is 9.84. The molecule has 5 heteroatoms. The number of rotatable bonds is 7. The number of benzene rings is 1. The van der Waals surface area contributed by atoms with Gasteiger partial charge in [0.2, 0.25) is 0 Å². The molecule has 2 aromatic heterocycles. The third-order valence-electron chi connectivity index (χ3n) is 5.37. The van der Waals surface area contributed by atoms with Crippen molar-refractivity contribution in [2.75, 3.05) is 32.7 Å². The van der Waals surface area contributed by atoms with Gasteiger partial charge in [-0.3, -0.25) is 4.90 Å².